The highest BCUT2D eigenvalue weighted by Gasteiger charge is 2.25. The van der Waals surface area contributed by atoms with Gasteiger partial charge in [-0.3, -0.25) is 9.69 Å². The molecular formula is C21H32N2O3. The third-order valence-electron chi connectivity index (χ3n) is 5.58. The molecule has 1 aromatic rings. The van der Waals surface area contributed by atoms with Crippen molar-refractivity contribution in [2.24, 2.45) is 5.92 Å². The number of hydrogen-bond donors (Lipinski definition) is 1. The van der Waals surface area contributed by atoms with Crippen molar-refractivity contribution in [3.8, 4) is 11.5 Å². The number of benzene rings is 1. The van der Waals surface area contributed by atoms with Crippen LogP contribution in [0.15, 0.2) is 12.1 Å². The second kappa shape index (κ2) is 8.76. The van der Waals surface area contributed by atoms with Crippen LogP contribution >= 0.6 is 0 Å². The smallest absolute Gasteiger partial charge is 0.220 e. The van der Waals surface area contributed by atoms with E-state index in [1.54, 1.807) is 14.2 Å². The molecule has 1 aromatic carbocycles. The minimum Gasteiger partial charge on any atom is -0.496 e. The molecule has 1 saturated carbocycles. The van der Waals surface area contributed by atoms with Gasteiger partial charge in [0.05, 0.1) is 14.2 Å². The van der Waals surface area contributed by atoms with Gasteiger partial charge in [0.15, 0.2) is 0 Å². The molecule has 5 nitrogen and oxygen atoms in total. The standard InChI is InChI=1S/C21H32N2O3/c1-15-19(25-2)10-7-17(21(15)26-3)14-23-12-4-5-16(13-23)6-11-20(24)22-18-8-9-18/h7,10,16,18H,4-6,8-9,11-14H2,1-3H3,(H,22,24)/t16-/m0/s1. The first kappa shape index (κ1) is 19.0. The molecule has 3 rings (SSSR count). The highest BCUT2D eigenvalue weighted by Crippen LogP contribution is 2.33. The summed E-state index contributed by atoms with van der Waals surface area (Å²) in [5.41, 5.74) is 2.26. The van der Waals surface area contributed by atoms with Gasteiger partial charge in [-0.1, -0.05) is 6.07 Å². The SMILES string of the molecule is COc1ccc(CN2CCC[C@@H](CCC(=O)NC3CC3)C2)c(OC)c1C. The first-order chi connectivity index (χ1) is 12.6. The number of nitrogens with one attached hydrogen (secondary N) is 1. The highest BCUT2D eigenvalue weighted by molar-refractivity contribution is 5.76. The van der Waals surface area contributed by atoms with Gasteiger partial charge < -0.3 is 14.8 Å². The summed E-state index contributed by atoms with van der Waals surface area (Å²) in [6, 6.07) is 4.60. The van der Waals surface area contributed by atoms with Crippen molar-refractivity contribution < 1.29 is 14.3 Å². The summed E-state index contributed by atoms with van der Waals surface area (Å²) < 4.78 is 11.1. The van der Waals surface area contributed by atoms with Crippen LogP contribution in [0.1, 0.15) is 49.7 Å². The van der Waals surface area contributed by atoms with E-state index >= 15 is 0 Å². The van der Waals surface area contributed by atoms with E-state index in [0.29, 0.717) is 18.4 Å². The van der Waals surface area contributed by atoms with Gasteiger partial charge in [0.2, 0.25) is 5.91 Å². The van der Waals surface area contributed by atoms with E-state index in [-0.39, 0.29) is 5.91 Å². The average Bonchev–Trinajstić information content (AvgIpc) is 3.45. The first-order valence-electron chi connectivity index (χ1n) is 9.83. The number of rotatable bonds is 8. The Hall–Kier alpha value is -1.75. The number of ether oxygens (including phenoxy) is 2. The quantitative estimate of drug-likeness (QED) is 0.773. The highest BCUT2D eigenvalue weighted by atomic mass is 16.5. The Bertz CT molecular complexity index is 628. The van der Waals surface area contributed by atoms with Crippen LogP contribution < -0.4 is 14.8 Å². The van der Waals surface area contributed by atoms with Gasteiger partial charge in [-0.15, -0.1) is 0 Å². The largest absolute Gasteiger partial charge is 0.496 e. The normalized spacial score (nSPS) is 20.7. The maximum atomic E-state index is 11.9. The molecule has 0 radical (unpaired) electrons. The molecule has 1 heterocycles. The Morgan fingerprint density at radius 1 is 1.23 bits per heavy atom. The molecule has 0 spiro atoms. The lowest BCUT2D eigenvalue weighted by molar-refractivity contribution is -0.121. The predicted molar refractivity (Wildman–Crippen MR) is 103 cm³/mol. The number of amides is 1. The van der Waals surface area contributed by atoms with Crippen LogP contribution in [0.5, 0.6) is 11.5 Å². The van der Waals surface area contributed by atoms with Crippen LogP contribution in [0.2, 0.25) is 0 Å². The molecule has 0 aromatic heterocycles. The minimum atomic E-state index is 0.233. The summed E-state index contributed by atoms with van der Waals surface area (Å²) >= 11 is 0. The molecule has 5 heteroatoms. The lowest BCUT2D eigenvalue weighted by Crippen LogP contribution is -2.35. The fraction of sp³-hybridized carbons (Fsp3) is 0.667. The molecule has 1 atom stereocenters. The maximum absolute atomic E-state index is 11.9. The molecule has 1 N–H and O–H groups in total. The van der Waals surface area contributed by atoms with Gasteiger partial charge in [-0.05, 0) is 57.6 Å². The van der Waals surface area contributed by atoms with Gasteiger partial charge in [-0.25, -0.2) is 0 Å². The van der Waals surface area contributed by atoms with E-state index in [1.807, 2.05) is 13.0 Å². The van der Waals surface area contributed by atoms with Gasteiger partial charge >= 0.3 is 0 Å². The van der Waals surface area contributed by atoms with Crippen molar-refractivity contribution in [3.05, 3.63) is 23.3 Å². The molecule has 1 aliphatic carbocycles. The lowest BCUT2D eigenvalue weighted by Gasteiger charge is -2.33. The van der Waals surface area contributed by atoms with Crippen molar-refractivity contribution in [1.29, 1.82) is 0 Å². The van der Waals surface area contributed by atoms with Crippen LogP contribution in [0.3, 0.4) is 0 Å². The molecule has 0 unspecified atom stereocenters. The lowest BCUT2D eigenvalue weighted by atomic mass is 9.92. The van der Waals surface area contributed by atoms with E-state index in [1.165, 1.54) is 18.4 Å². The molecule has 2 aliphatic rings. The number of likely N-dealkylation sites (tertiary alicyclic amines) is 1. The summed E-state index contributed by atoms with van der Waals surface area (Å²) in [6.07, 6.45) is 6.41. The summed E-state index contributed by atoms with van der Waals surface area (Å²) in [6.45, 7) is 5.10. The second-order valence-corrected chi connectivity index (χ2v) is 7.71. The van der Waals surface area contributed by atoms with Crippen molar-refractivity contribution in [3.63, 3.8) is 0 Å². The average molecular weight is 360 g/mol. The van der Waals surface area contributed by atoms with Gasteiger partial charge in [0, 0.05) is 36.7 Å². The number of methoxy groups -OCH3 is 2. The fourth-order valence-electron chi connectivity index (χ4n) is 3.99. The monoisotopic (exact) mass is 360 g/mol. The van der Waals surface area contributed by atoms with Crippen molar-refractivity contribution in [2.45, 2.75) is 58.0 Å². The van der Waals surface area contributed by atoms with E-state index in [4.69, 9.17) is 9.47 Å². The Morgan fingerprint density at radius 3 is 2.73 bits per heavy atom. The summed E-state index contributed by atoms with van der Waals surface area (Å²) in [4.78, 5) is 14.4. The number of piperidine rings is 1. The summed E-state index contributed by atoms with van der Waals surface area (Å²) in [5.74, 6) is 2.63. The molecule has 0 bridgehead atoms. The van der Waals surface area contributed by atoms with Crippen molar-refractivity contribution >= 4 is 5.91 Å². The molecular weight excluding hydrogens is 328 g/mol. The van der Waals surface area contributed by atoms with E-state index in [2.05, 4.69) is 16.3 Å². The molecule has 1 saturated heterocycles. The van der Waals surface area contributed by atoms with Gasteiger partial charge in [0.1, 0.15) is 11.5 Å². The summed E-state index contributed by atoms with van der Waals surface area (Å²) in [7, 11) is 3.42. The number of hydrogen-bond acceptors (Lipinski definition) is 4. The van der Waals surface area contributed by atoms with Crippen molar-refractivity contribution in [2.75, 3.05) is 27.3 Å². The second-order valence-electron chi connectivity index (χ2n) is 7.71. The van der Waals surface area contributed by atoms with E-state index in [0.717, 1.165) is 56.0 Å². The summed E-state index contributed by atoms with van der Waals surface area (Å²) in [5, 5.41) is 3.10. The molecule has 1 aliphatic heterocycles. The zero-order valence-electron chi connectivity index (χ0n) is 16.3. The molecule has 144 valence electrons. The number of nitrogens with zero attached hydrogens (tertiary/aromatic N) is 1. The third kappa shape index (κ3) is 4.91. The van der Waals surface area contributed by atoms with E-state index < -0.39 is 0 Å². The molecule has 1 amide bonds. The fourth-order valence-corrected chi connectivity index (χ4v) is 3.99. The first-order valence-corrected chi connectivity index (χ1v) is 9.83. The van der Waals surface area contributed by atoms with Crippen LogP contribution in [-0.2, 0) is 11.3 Å². The number of carbonyl (C=O) groups is 1. The zero-order chi connectivity index (χ0) is 18.5. The van der Waals surface area contributed by atoms with Crippen LogP contribution in [-0.4, -0.2) is 44.2 Å². The van der Waals surface area contributed by atoms with Crippen molar-refractivity contribution in [1.82, 2.24) is 10.2 Å². The zero-order valence-corrected chi connectivity index (χ0v) is 16.3. The predicted octanol–water partition coefficient (Wildman–Crippen LogP) is 3.28. The van der Waals surface area contributed by atoms with Crippen LogP contribution in [0, 0.1) is 12.8 Å². The molecule has 2 fully saturated rings. The van der Waals surface area contributed by atoms with E-state index in [9.17, 15) is 4.79 Å². The minimum absolute atomic E-state index is 0.233. The maximum Gasteiger partial charge on any atom is 0.220 e. The Morgan fingerprint density at radius 2 is 2.04 bits per heavy atom. The van der Waals surface area contributed by atoms with Gasteiger partial charge in [-0.2, -0.15) is 0 Å². The molecule has 26 heavy (non-hydrogen) atoms. The Kier molecular flexibility index (Phi) is 6.41. The van der Waals surface area contributed by atoms with Crippen LogP contribution in [0.4, 0.5) is 0 Å². The van der Waals surface area contributed by atoms with Gasteiger partial charge in [0.25, 0.3) is 0 Å². The number of carbonyl (C=O) groups excluding carboxylic acids is 1. The Balaban J connectivity index is 1.54. The third-order valence-corrected chi connectivity index (χ3v) is 5.58. The van der Waals surface area contributed by atoms with Crippen LogP contribution in [0.25, 0.3) is 0 Å². The Labute approximate surface area is 157 Å². The topological polar surface area (TPSA) is 50.8 Å².